The van der Waals surface area contributed by atoms with Gasteiger partial charge in [-0.05, 0) is 167 Å². The van der Waals surface area contributed by atoms with Crippen molar-refractivity contribution in [3.05, 3.63) is 166 Å². The quantitative estimate of drug-likeness (QED) is 0.0306. The van der Waals surface area contributed by atoms with Crippen LogP contribution in [0.2, 0.25) is 0 Å². The molecule has 0 saturated heterocycles. The van der Waals surface area contributed by atoms with Crippen LogP contribution in [-0.2, 0) is 22.7 Å². The van der Waals surface area contributed by atoms with Crippen LogP contribution in [-0.4, -0.2) is 76.5 Å². The van der Waals surface area contributed by atoms with Crippen LogP contribution in [0.25, 0.3) is 38.2 Å². The van der Waals surface area contributed by atoms with Gasteiger partial charge in [-0.15, -0.1) is 0 Å². The molecule has 0 fully saturated rings. The van der Waals surface area contributed by atoms with E-state index in [0.29, 0.717) is 37.3 Å². The molecule has 0 heterocycles. The number of hydrogen-bond donors (Lipinski definition) is 4. The van der Waals surface area contributed by atoms with Gasteiger partial charge in [0.2, 0.25) is 11.8 Å². The van der Waals surface area contributed by atoms with Crippen molar-refractivity contribution >= 4 is 50.3 Å². The van der Waals surface area contributed by atoms with Gasteiger partial charge in [0.05, 0.1) is 0 Å². The summed E-state index contributed by atoms with van der Waals surface area (Å²) in [4.78, 5) is 26.3. The highest BCUT2D eigenvalue weighted by atomic mass is 16.2. The van der Waals surface area contributed by atoms with Crippen molar-refractivity contribution in [3.8, 4) is 11.1 Å². The lowest BCUT2D eigenvalue weighted by atomic mass is 9.84. The highest BCUT2D eigenvalue weighted by Crippen LogP contribution is 2.39. The molecule has 5 aromatic carbocycles. The number of allylic oxidation sites excluding steroid dienone is 5. The molecule has 8 nitrogen and oxygen atoms in total. The molecule has 0 spiro atoms. The van der Waals surface area contributed by atoms with Crippen molar-refractivity contribution in [3.63, 3.8) is 0 Å². The summed E-state index contributed by atoms with van der Waals surface area (Å²) in [6.07, 6.45) is 10.5. The molecule has 63 heavy (non-hydrogen) atoms. The van der Waals surface area contributed by atoms with E-state index in [0.717, 1.165) is 42.8 Å². The van der Waals surface area contributed by atoms with Crippen molar-refractivity contribution in [2.24, 2.45) is 0 Å². The summed E-state index contributed by atoms with van der Waals surface area (Å²) in [6.45, 7) is 19.4. The summed E-state index contributed by atoms with van der Waals surface area (Å²) in [5.41, 5.74) is 15.4. The van der Waals surface area contributed by atoms with Gasteiger partial charge in [0.15, 0.2) is 5.71 Å². The van der Waals surface area contributed by atoms with E-state index in [1.54, 1.807) is 13.8 Å². The summed E-state index contributed by atoms with van der Waals surface area (Å²) in [5.74, 6) is -0.213. The highest BCUT2D eigenvalue weighted by Gasteiger charge is 2.20. The molecule has 1 aliphatic carbocycles. The minimum atomic E-state index is -0.107. The van der Waals surface area contributed by atoms with Crippen molar-refractivity contribution in [1.29, 1.82) is 0 Å². The molecular formula is C55H65N6O2+. The van der Waals surface area contributed by atoms with Gasteiger partial charge < -0.3 is 26.2 Å². The van der Waals surface area contributed by atoms with Gasteiger partial charge in [-0.1, -0.05) is 67.8 Å². The van der Waals surface area contributed by atoms with E-state index in [2.05, 4.69) is 189 Å². The van der Waals surface area contributed by atoms with E-state index in [1.807, 2.05) is 0 Å². The maximum absolute atomic E-state index is 12.1. The molecule has 0 unspecified atom stereocenters. The van der Waals surface area contributed by atoms with Gasteiger partial charge in [-0.25, -0.2) is 4.58 Å². The second-order valence-electron chi connectivity index (χ2n) is 17.1. The molecule has 326 valence electrons. The Bertz CT molecular complexity index is 2670. The van der Waals surface area contributed by atoms with Gasteiger partial charge in [0.25, 0.3) is 0 Å². The molecular weight excluding hydrogens is 777 g/mol. The van der Waals surface area contributed by atoms with Crippen LogP contribution in [0.5, 0.6) is 0 Å². The maximum Gasteiger partial charge on any atom is 0.246 e. The lowest BCUT2D eigenvalue weighted by Crippen LogP contribution is -2.27. The van der Waals surface area contributed by atoms with Crippen molar-refractivity contribution in [2.45, 2.75) is 53.6 Å². The first-order valence-corrected chi connectivity index (χ1v) is 22.0. The molecule has 0 aliphatic heterocycles. The zero-order valence-corrected chi connectivity index (χ0v) is 38.6. The minimum absolute atomic E-state index is 0.106. The molecule has 8 heteroatoms. The molecule has 0 aromatic heterocycles. The van der Waals surface area contributed by atoms with E-state index in [4.69, 9.17) is 0 Å². The van der Waals surface area contributed by atoms with Crippen LogP contribution in [0.3, 0.4) is 0 Å². The van der Waals surface area contributed by atoms with E-state index in [9.17, 15) is 9.59 Å². The smallest absolute Gasteiger partial charge is 0.246 e. The van der Waals surface area contributed by atoms with Crippen molar-refractivity contribution in [1.82, 2.24) is 21.3 Å². The minimum Gasteiger partial charge on any atom is -0.378 e. The third-order valence-electron chi connectivity index (χ3n) is 11.8. The lowest BCUT2D eigenvalue weighted by molar-refractivity contribution is -0.462. The molecule has 6 rings (SSSR count). The highest BCUT2D eigenvalue weighted by molar-refractivity contribution is 6.07. The molecule has 2 amide bonds. The molecule has 1 aliphatic rings. The molecule has 0 bridgehead atoms. The standard InChI is InChI=1S/C55H64N6O2/c1-36(2)54(62)58-29-13-27-56-34-51-46-15-11-12-16-47(46)52(35-57-28-14-30-59-55(63)37(3)4)50-33-42(21-25-48(50)51)41-18-17-38(5)49(32-41)53(40-19-22-43(23-20-40)60(7)8)45-26-24-44(61(9)10)31-39(45)6/h11-12,15-26,31-33,56-57H,1,3,13-14,27-30,34-35H2,2,4-10H3,(H-,58,59,62,63)/p+1. The number of benzene rings is 5. The number of anilines is 1. The molecule has 5 aromatic rings. The fourth-order valence-electron chi connectivity index (χ4n) is 8.14. The largest absolute Gasteiger partial charge is 0.378 e. The van der Waals surface area contributed by atoms with E-state index in [-0.39, 0.29) is 11.8 Å². The number of rotatable bonds is 18. The third kappa shape index (κ3) is 11.2. The Labute approximate surface area is 374 Å². The number of fused-ring (bicyclic) bond motifs is 2. The Balaban J connectivity index is 1.43. The first kappa shape index (κ1) is 46.2. The summed E-state index contributed by atoms with van der Waals surface area (Å²) >= 11 is 0. The number of nitrogens with zero attached hydrogens (tertiary/aromatic N) is 2. The summed E-state index contributed by atoms with van der Waals surface area (Å²) in [6, 6.07) is 29.3. The van der Waals surface area contributed by atoms with E-state index < -0.39 is 0 Å². The summed E-state index contributed by atoms with van der Waals surface area (Å²) in [5, 5.41) is 18.1. The summed E-state index contributed by atoms with van der Waals surface area (Å²) in [7, 11) is 8.32. The van der Waals surface area contributed by atoms with Crippen molar-refractivity contribution < 1.29 is 14.2 Å². The predicted octanol–water partition coefficient (Wildman–Crippen LogP) is 9.33. The van der Waals surface area contributed by atoms with Crippen LogP contribution >= 0.6 is 0 Å². The zero-order chi connectivity index (χ0) is 45.2. The maximum atomic E-state index is 12.1. The average Bonchev–Trinajstić information content (AvgIpc) is 3.27. The molecule has 0 radical (unpaired) electrons. The van der Waals surface area contributed by atoms with Gasteiger partial charge in [-0.3, -0.25) is 9.59 Å². The number of hydrogen-bond acceptors (Lipinski definition) is 5. The van der Waals surface area contributed by atoms with Crippen LogP contribution in [0.15, 0.2) is 133 Å². The second kappa shape index (κ2) is 21.1. The summed E-state index contributed by atoms with van der Waals surface area (Å²) < 4.78 is 2.14. The monoisotopic (exact) mass is 842 g/mol. The van der Waals surface area contributed by atoms with Gasteiger partial charge in [0, 0.05) is 69.3 Å². The van der Waals surface area contributed by atoms with E-state index >= 15 is 0 Å². The third-order valence-corrected chi connectivity index (χ3v) is 11.8. The van der Waals surface area contributed by atoms with Gasteiger partial charge in [-0.2, -0.15) is 0 Å². The van der Waals surface area contributed by atoms with Crippen LogP contribution in [0, 0.1) is 13.8 Å². The SMILES string of the molecule is C=C(C)C(=O)NCCCNCc1c2ccccc2c(CNCCCNC(=O)C(=C)C)c2cc(-c3ccc(C)c(C(=C4C=CC(=[N+](C)C)C=C4)c4ccc(N(C)C)cc4C)c3)ccc12. The van der Waals surface area contributed by atoms with E-state index in [1.165, 1.54) is 71.8 Å². The zero-order valence-electron chi connectivity index (χ0n) is 38.6. The Morgan fingerprint density at radius 3 is 1.68 bits per heavy atom. The molecule has 0 saturated carbocycles. The van der Waals surface area contributed by atoms with Gasteiger partial charge >= 0.3 is 0 Å². The molecule has 4 N–H and O–H groups in total. The lowest BCUT2D eigenvalue weighted by Gasteiger charge is -2.21. The number of nitrogens with one attached hydrogen (secondary N) is 4. The average molecular weight is 842 g/mol. The number of carbonyl (C=O) groups excluding carboxylic acids is 2. The Hall–Kier alpha value is -6.35. The topological polar surface area (TPSA) is 88.5 Å². The molecule has 0 atom stereocenters. The first-order valence-electron chi connectivity index (χ1n) is 22.0. The Morgan fingerprint density at radius 1 is 0.603 bits per heavy atom. The fraction of sp³-hybridized carbons (Fsp3) is 0.291. The van der Waals surface area contributed by atoms with Crippen LogP contribution < -0.4 is 26.2 Å². The normalized spacial score (nSPS) is 12.2. The number of aryl methyl sites for hydroxylation is 2. The van der Waals surface area contributed by atoms with Crippen molar-refractivity contribution in [2.75, 3.05) is 59.3 Å². The van der Waals surface area contributed by atoms with Crippen LogP contribution in [0.1, 0.15) is 60.1 Å². The van der Waals surface area contributed by atoms with Crippen LogP contribution in [0.4, 0.5) is 5.69 Å². The first-order chi connectivity index (χ1) is 30.2. The second-order valence-corrected chi connectivity index (χ2v) is 17.1. The Kier molecular flexibility index (Phi) is 15.5. The Morgan fingerprint density at radius 2 is 1.14 bits per heavy atom. The number of amides is 2. The van der Waals surface area contributed by atoms with Gasteiger partial charge in [0.1, 0.15) is 14.1 Å². The number of carbonyl (C=O) groups is 2. The fourth-order valence-corrected chi connectivity index (χ4v) is 8.14. The predicted molar refractivity (Wildman–Crippen MR) is 267 cm³/mol.